The van der Waals surface area contributed by atoms with Gasteiger partial charge in [0, 0.05) is 18.7 Å². The fraction of sp³-hybridized carbons (Fsp3) is 0.889. The van der Waals surface area contributed by atoms with Crippen LogP contribution in [-0.2, 0) is 9.53 Å². The maximum absolute atomic E-state index is 10.4. The molecule has 0 aromatic heterocycles. The predicted molar refractivity (Wildman–Crippen MR) is 47.2 cm³/mol. The summed E-state index contributed by atoms with van der Waals surface area (Å²) in [6.07, 6.45) is 1.97. The molecule has 0 aliphatic carbocycles. The first-order chi connectivity index (χ1) is 5.67. The summed E-state index contributed by atoms with van der Waals surface area (Å²) in [4.78, 5) is 12.6. The van der Waals surface area contributed by atoms with Crippen LogP contribution >= 0.6 is 0 Å². The Labute approximate surface area is 73.7 Å². The summed E-state index contributed by atoms with van der Waals surface area (Å²) in [5, 5.41) is 0. The van der Waals surface area contributed by atoms with Crippen molar-refractivity contribution in [3.8, 4) is 0 Å². The van der Waals surface area contributed by atoms with Crippen molar-refractivity contribution in [2.24, 2.45) is 0 Å². The molecule has 0 unspecified atom stereocenters. The van der Waals surface area contributed by atoms with Gasteiger partial charge in [-0.3, -0.25) is 4.90 Å². The van der Waals surface area contributed by atoms with E-state index >= 15 is 0 Å². The Morgan fingerprint density at radius 1 is 1.50 bits per heavy atom. The molecule has 0 radical (unpaired) electrons. The molecule has 3 nitrogen and oxygen atoms in total. The molecule has 12 heavy (non-hydrogen) atoms. The van der Waals surface area contributed by atoms with Gasteiger partial charge in [-0.15, -0.1) is 0 Å². The number of hydrogen-bond donors (Lipinski definition) is 0. The van der Waals surface area contributed by atoms with Gasteiger partial charge in [-0.25, -0.2) is 0 Å². The molecule has 1 aliphatic heterocycles. The standard InChI is InChI=1S/C9H17NO2/c1-9(2)3-7-12-8-5-10(9)4-6-11/h6H,3-5,7-8H2,1-2H3. The molecule has 70 valence electrons. The lowest BCUT2D eigenvalue weighted by molar-refractivity contribution is -0.110. The molecular weight excluding hydrogens is 154 g/mol. The molecule has 0 N–H and O–H groups in total. The van der Waals surface area contributed by atoms with Crippen molar-refractivity contribution >= 4 is 6.29 Å². The molecule has 0 spiro atoms. The van der Waals surface area contributed by atoms with Crippen molar-refractivity contribution in [3.05, 3.63) is 0 Å². The normalized spacial score (nSPS) is 24.8. The molecule has 3 heteroatoms. The van der Waals surface area contributed by atoms with E-state index in [-0.39, 0.29) is 5.54 Å². The van der Waals surface area contributed by atoms with Crippen LogP contribution in [0.5, 0.6) is 0 Å². The fourth-order valence-electron chi connectivity index (χ4n) is 1.49. The maximum atomic E-state index is 10.4. The van der Waals surface area contributed by atoms with Crippen LogP contribution in [0.1, 0.15) is 20.3 Å². The van der Waals surface area contributed by atoms with E-state index in [1.807, 2.05) is 0 Å². The minimum Gasteiger partial charge on any atom is -0.380 e. The first kappa shape index (κ1) is 9.68. The molecule has 1 heterocycles. The second-order valence-corrected chi connectivity index (χ2v) is 3.79. The highest BCUT2D eigenvalue weighted by Crippen LogP contribution is 2.20. The van der Waals surface area contributed by atoms with Gasteiger partial charge in [-0.05, 0) is 20.3 Å². The molecule has 1 aliphatic rings. The molecule has 0 aromatic rings. The van der Waals surface area contributed by atoms with Crippen LogP contribution in [0, 0.1) is 0 Å². The minimum atomic E-state index is 0.109. The van der Waals surface area contributed by atoms with Gasteiger partial charge >= 0.3 is 0 Å². The summed E-state index contributed by atoms with van der Waals surface area (Å²) < 4.78 is 5.35. The highest BCUT2D eigenvalue weighted by Gasteiger charge is 2.27. The van der Waals surface area contributed by atoms with Gasteiger partial charge < -0.3 is 9.53 Å². The van der Waals surface area contributed by atoms with Crippen molar-refractivity contribution in [3.63, 3.8) is 0 Å². The van der Waals surface area contributed by atoms with Gasteiger partial charge in [0.25, 0.3) is 0 Å². The number of ether oxygens (including phenoxy) is 1. The number of carbonyl (C=O) groups excluding carboxylic acids is 1. The fourth-order valence-corrected chi connectivity index (χ4v) is 1.49. The number of hydrogen-bond acceptors (Lipinski definition) is 3. The Hall–Kier alpha value is -0.410. The SMILES string of the molecule is CC1(C)CCOCCN1CC=O. The van der Waals surface area contributed by atoms with Crippen molar-refractivity contribution < 1.29 is 9.53 Å². The third kappa shape index (κ3) is 2.29. The van der Waals surface area contributed by atoms with Gasteiger partial charge in [0.2, 0.25) is 0 Å². The van der Waals surface area contributed by atoms with E-state index in [0.717, 1.165) is 32.5 Å². The summed E-state index contributed by atoms with van der Waals surface area (Å²) in [6, 6.07) is 0. The highest BCUT2D eigenvalue weighted by atomic mass is 16.5. The van der Waals surface area contributed by atoms with E-state index in [4.69, 9.17) is 4.74 Å². The van der Waals surface area contributed by atoms with Crippen LogP contribution in [-0.4, -0.2) is 43.0 Å². The highest BCUT2D eigenvalue weighted by molar-refractivity contribution is 5.52. The van der Waals surface area contributed by atoms with Crippen LogP contribution in [0.15, 0.2) is 0 Å². The molecular formula is C9H17NO2. The maximum Gasteiger partial charge on any atom is 0.134 e. The van der Waals surface area contributed by atoms with Gasteiger partial charge in [-0.1, -0.05) is 0 Å². The molecule has 0 aromatic carbocycles. The first-order valence-corrected chi connectivity index (χ1v) is 4.43. The first-order valence-electron chi connectivity index (χ1n) is 4.43. The Morgan fingerprint density at radius 2 is 2.25 bits per heavy atom. The molecule has 0 atom stereocenters. The van der Waals surface area contributed by atoms with Crippen LogP contribution in [0.2, 0.25) is 0 Å². The summed E-state index contributed by atoms with van der Waals surface area (Å²) >= 11 is 0. The van der Waals surface area contributed by atoms with E-state index in [2.05, 4.69) is 18.7 Å². The third-order valence-electron chi connectivity index (χ3n) is 2.51. The largest absolute Gasteiger partial charge is 0.380 e. The summed E-state index contributed by atoms with van der Waals surface area (Å²) in [5.74, 6) is 0. The second-order valence-electron chi connectivity index (χ2n) is 3.79. The van der Waals surface area contributed by atoms with Crippen molar-refractivity contribution in [2.75, 3.05) is 26.3 Å². The lowest BCUT2D eigenvalue weighted by Gasteiger charge is -2.34. The number of rotatable bonds is 2. The van der Waals surface area contributed by atoms with Crippen LogP contribution in [0.3, 0.4) is 0 Å². The monoisotopic (exact) mass is 171 g/mol. The lowest BCUT2D eigenvalue weighted by atomic mass is 9.99. The zero-order valence-electron chi connectivity index (χ0n) is 7.88. The average molecular weight is 171 g/mol. The zero-order chi connectivity index (χ0) is 9.03. The molecule has 1 fully saturated rings. The minimum absolute atomic E-state index is 0.109. The Balaban J connectivity index is 2.58. The van der Waals surface area contributed by atoms with E-state index < -0.39 is 0 Å². The van der Waals surface area contributed by atoms with E-state index in [0.29, 0.717) is 6.54 Å². The summed E-state index contributed by atoms with van der Waals surface area (Å²) in [6.45, 7) is 7.26. The van der Waals surface area contributed by atoms with Crippen molar-refractivity contribution in [1.82, 2.24) is 4.90 Å². The summed E-state index contributed by atoms with van der Waals surface area (Å²) in [5.41, 5.74) is 0.109. The van der Waals surface area contributed by atoms with Gasteiger partial charge in [0.15, 0.2) is 0 Å². The zero-order valence-corrected chi connectivity index (χ0v) is 7.88. The molecule has 0 bridgehead atoms. The van der Waals surface area contributed by atoms with E-state index in [1.165, 1.54) is 0 Å². The third-order valence-corrected chi connectivity index (χ3v) is 2.51. The van der Waals surface area contributed by atoms with Crippen molar-refractivity contribution in [1.29, 1.82) is 0 Å². The lowest BCUT2D eigenvalue weighted by Crippen LogP contribution is -2.45. The van der Waals surface area contributed by atoms with Gasteiger partial charge in [-0.2, -0.15) is 0 Å². The number of carbonyl (C=O) groups is 1. The molecule has 0 amide bonds. The quantitative estimate of drug-likeness (QED) is 0.572. The van der Waals surface area contributed by atoms with Crippen LogP contribution in [0.4, 0.5) is 0 Å². The second kappa shape index (κ2) is 4.01. The Bertz CT molecular complexity index is 157. The van der Waals surface area contributed by atoms with Gasteiger partial charge in [0.05, 0.1) is 13.2 Å². The van der Waals surface area contributed by atoms with E-state index in [1.54, 1.807) is 0 Å². The molecule has 0 saturated carbocycles. The Morgan fingerprint density at radius 3 is 2.92 bits per heavy atom. The Kier molecular flexibility index (Phi) is 3.23. The van der Waals surface area contributed by atoms with Crippen molar-refractivity contribution in [2.45, 2.75) is 25.8 Å². The van der Waals surface area contributed by atoms with Crippen LogP contribution < -0.4 is 0 Å². The number of aldehydes is 1. The smallest absolute Gasteiger partial charge is 0.134 e. The topological polar surface area (TPSA) is 29.5 Å². The predicted octanol–water partition coefficient (Wildman–Crippen LogP) is 0.686. The van der Waals surface area contributed by atoms with Gasteiger partial charge in [0.1, 0.15) is 6.29 Å². The molecule has 1 rings (SSSR count). The average Bonchev–Trinajstić information content (AvgIpc) is 2.15. The summed E-state index contributed by atoms with van der Waals surface area (Å²) in [7, 11) is 0. The van der Waals surface area contributed by atoms with Crippen LogP contribution in [0.25, 0.3) is 0 Å². The molecule has 1 saturated heterocycles. The van der Waals surface area contributed by atoms with E-state index in [9.17, 15) is 4.79 Å². The number of nitrogens with zero attached hydrogens (tertiary/aromatic N) is 1.